The Kier molecular flexibility index (Phi) is 5.03. The Morgan fingerprint density at radius 1 is 1.35 bits per heavy atom. The summed E-state index contributed by atoms with van der Waals surface area (Å²) in [4.78, 5) is 14.8. The van der Waals surface area contributed by atoms with Crippen molar-refractivity contribution in [2.75, 3.05) is 12.8 Å². The van der Waals surface area contributed by atoms with Crippen LogP contribution < -0.4 is 5.32 Å². The molecule has 3 rings (SSSR count). The number of thioether (sulfide) groups is 1. The van der Waals surface area contributed by atoms with E-state index in [4.69, 9.17) is 0 Å². The smallest absolute Gasteiger partial charge is 0.217 e. The number of hydrogen-bond acceptors (Lipinski definition) is 4. The molecule has 1 aliphatic rings. The highest BCUT2D eigenvalue weighted by Gasteiger charge is 2.19. The zero-order valence-corrected chi connectivity index (χ0v) is 14.4. The minimum absolute atomic E-state index is 0.0220. The van der Waals surface area contributed by atoms with E-state index in [1.165, 1.54) is 23.1 Å². The Labute approximate surface area is 141 Å². The molecule has 1 aromatic carbocycles. The molecule has 0 unspecified atom stereocenters. The molecule has 1 aromatic heterocycles. The number of hydrogen-bond donors (Lipinski definition) is 1. The monoisotopic (exact) mass is 330 g/mol. The molecule has 0 aliphatic carbocycles. The summed E-state index contributed by atoms with van der Waals surface area (Å²) in [7, 11) is 0. The second-order valence-corrected chi connectivity index (χ2v) is 6.63. The molecular weight excluding hydrogens is 308 g/mol. The molecule has 5 nitrogen and oxygen atoms in total. The molecule has 122 valence electrons. The van der Waals surface area contributed by atoms with Crippen LogP contribution in [0.15, 0.2) is 35.2 Å². The summed E-state index contributed by atoms with van der Waals surface area (Å²) in [6.07, 6.45) is 2.12. The Hall–Kier alpha value is -1.79. The number of rotatable bonds is 5. The first kappa shape index (κ1) is 16.1. The lowest BCUT2D eigenvalue weighted by molar-refractivity contribution is -0.119. The van der Waals surface area contributed by atoms with Crippen molar-refractivity contribution in [3.8, 4) is 0 Å². The number of carbonyl (C=O) groups excluding carboxylic acids is 1. The van der Waals surface area contributed by atoms with Gasteiger partial charge in [0.25, 0.3) is 0 Å². The average molecular weight is 330 g/mol. The molecule has 2 aromatic rings. The van der Waals surface area contributed by atoms with Crippen molar-refractivity contribution in [3.05, 3.63) is 47.3 Å². The van der Waals surface area contributed by atoms with Gasteiger partial charge in [0, 0.05) is 31.5 Å². The van der Waals surface area contributed by atoms with Gasteiger partial charge in [-0.05, 0) is 24.0 Å². The molecule has 0 spiro atoms. The fraction of sp³-hybridized carbons (Fsp3) is 0.412. The lowest BCUT2D eigenvalue weighted by Gasteiger charge is -2.28. The Morgan fingerprint density at radius 2 is 2.17 bits per heavy atom. The van der Waals surface area contributed by atoms with Crippen LogP contribution in [0.3, 0.4) is 0 Å². The maximum Gasteiger partial charge on any atom is 0.217 e. The summed E-state index contributed by atoms with van der Waals surface area (Å²) < 4.78 is 2.06. The van der Waals surface area contributed by atoms with E-state index in [0.717, 1.165) is 31.9 Å². The first-order valence-electron chi connectivity index (χ1n) is 7.80. The molecule has 0 saturated heterocycles. The second kappa shape index (κ2) is 7.19. The van der Waals surface area contributed by atoms with Gasteiger partial charge in [0.05, 0.1) is 24.5 Å². The van der Waals surface area contributed by atoms with Crippen LogP contribution in [-0.4, -0.2) is 33.4 Å². The zero-order chi connectivity index (χ0) is 16.2. The minimum Gasteiger partial charge on any atom is -0.351 e. The molecule has 1 amide bonds. The predicted molar refractivity (Wildman–Crippen MR) is 92.1 cm³/mol. The Bertz CT molecular complexity index is 698. The van der Waals surface area contributed by atoms with Gasteiger partial charge in [-0.25, -0.2) is 0 Å². The van der Waals surface area contributed by atoms with Gasteiger partial charge in [0.1, 0.15) is 0 Å². The molecule has 0 atom stereocenters. The molecule has 2 heterocycles. The van der Waals surface area contributed by atoms with Gasteiger partial charge in [-0.1, -0.05) is 18.2 Å². The van der Waals surface area contributed by atoms with E-state index in [9.17, 15) is 4.79 Å². The van der Waals surface area contributed by atoms with Crippen LogP contribution in [0.2, 0.25) is 0 Å². The molecule has 0 radical (unpaired) electrons. The fourth-order valence-electron chi connectivity index (χ4n) is 2.89. The van der Waals surface area contributed by atoms with Crippen LogP contribution in [0.5, 0.6) is 0 Å². The molecular formula is C17H22N4OS. The second-order valence-electron chi connectivity index (χ2n) is 5.78. The first-order chi connectivity index (χ1) is 11.2. The number of amides is 1. The van der Waals surface area contributed by atoms with E-state index in [-0.39, 0.29) is 5.91 Å². The van der Waals surface area contributed by atoms with Crippen molar-refractivity contribution in [1.82, 2.24) is 20.0 Å². The van der Waals surface area contributed by atoms with Crippen molar-refractivity contribution in [3.63, 3.8) is 0 Å². The number of nitrogens with one attached hydrogen (secondary N) is 1. The summed E-state index contributed by atoms with van der Waals surface area (Å²) in [5.41, 5.74) is 3.53. The fourth-order valence-corrected chi connectivity index (χ4v) is 3.50. The van der Waals surface area contributed by atoms with Crippen LogP contribution in [-0.2, 0) is 31.0 Å². The molecule has 6 heteroatoms. The molecule has 23 heavy (non-hydrogen) atoms. The topological polar surface area (TPSA) is 50.2 Å². The summed E-state index contributed by atoms with van der Waals surface area (Å²) in [5.74, 6) is -0.0220. The summed E-state index contributed by atoms with van der Waals surface area (Å²) in [6.45, 7) is 5.79. The highest BCUT2D eigenvalue weighted by atomic mass is 32.2. The summed E-state index contributed by atoms with van der Waals surface area (Å²) in [6, 6.07) is 10.7. The van der Waals surface area contributed by atoms with Crippen molar-refractivity contribution in [2.24, 2.45) is 0 Å². The maximum atomic E-state index is 11.0. The quantitative estimate of drug-likeness (QED) is 0.855. The molecule has 0 fully saturated rings. The van der Waals surface area contributed by atoms with Crippen LogP contribution in [0.25, 0.3) is 0 Å². The van der Waals surface area contributed by atoms with Gasteiger partial charge < -0.3 is 5.32 Å². The van der Waals surface area contributed by atoms with Crippen LogP contribution in [0, 0.1) is 0 Å². The first-order valence-corrected chi connectivity index (χ1v) is 9.02. The van der Waals surface area contributed by atoms with Crippen molar-refractivity contribution in [1.29, 1.82) is 0 Å². The maximum absolute atomic E-state index is 11.0. The standard InChI is InChI=1S/C17H22N4OS/c1-13(22)18-10-15-9-16-12-20(7-8-21(16)19-15)11-14-5-3-4-6-17(14)23-2/h3-6,9H,7-8,10-12H2,1-2H3,(H,18,22). The minimum atomic E-state index is -0.0220. The molecule has 1 N–H and O–H groups in total. The molecule has 0 saturated carbocycles. The third-order valence-corrected chi connectivity index (χ3v) is 4.87. The third-order valence-electron chi connectivity index (χ3n) is 4.03. The van der Waals surface area contributed by atoms with Gasteiger partial charge in [0.2, 0.25) is 5.91 Å². The number of carbonyl (C=O) groups is 1. The lowest BCUT2D eigenvalue weighted by Crippen LogP contribution is -2.33. The summed E-state index contributed by atoms with van der Waals surface area (Å²) >= 11 is 1.80. The number of nitrogens with zero attached hydrogens (tertiary/aromatic N) is 3. The van der Waals surface area contributed by atoms with E-state index in [1.54, 1.807) is 11.8 Å². The number of aromatic nitrogens is 2. The molecule has 0 bridgehead atoms. The largest absolute Gasteiger partial charge is 0.351 e. The van der Waals surface area contributed by atoms with Crippen molar-refractivity contribution >= 4 is 17.7 Å². The average Bonchev–Trinajstić information content (AvgIpc) is 2.95. The van der Waals surface area contributed by atoms with Crippen LogP contribution in [0.4, 0.5) is 0 Å². The van der Waals surface area contributed by atoms with Gasteiger partial charge in [-0.15, -0.1) is 11.8 Å². The normalized spacial score (nSPS) is 14.5. The zero-order valence-electron chi connectivity index (χ0n) is 13.6. The van der Waals surface area contributed by atoms with E-state index in [2.05, 4.69) is 56.6 Å². The highest BCUT2D eigenvalue weighted by molar-refractivity contribution is 7.98. The Balaban J connectivity index is 1.66. The third kappa shape index (κ3) is 3.95. The number of benzene rings is 1. The van der Waals surface area contributed by atoms with E-state index in [1.807, 2.05) is 0 Å². The highest BCUT2D eigenvalue weighted by Crippen LogP contribution is 2.23. The van der Waals surface area contributed by atoms with Gasteiger partial charge >= 0.3 is 0 Å². The molecule has 1 aliphatic heterocycles. The van der Waals surface area contributed by atoms with Gasteiger partial charge in [-0.3, -0.25) is 14.4 Å². The SMILES string of the molecule is CSc1ccccc1CN1CCn2nc(CNC(C)=O)cc2C1. The van der Waals surface area contributed by atoms with Crippen LogP contribution in [0.1, 0.15) is 23.9 Å². The predicted octanol–water partition coefficient (Wildman–Crippen LogP) is 2.26. The van der Waals surface area contributed by atoms with Gasteiger partial charge in [0.15, 0.2) is 0 Å². The van der Waals surface area contributed by atoms with Gasteiger partial charge in [-0.2, -0.15) is 5.10 Å². The van der Waals surface area contributed by atoms with E-state index >= 15 is 0 Å². The van der Waals surface area contributed by atoms with E-state index in [0.29, 0.717) is 6.54 Å². The van der Waals surface area contributed by atoms with Crippen LogP contribution >= 0.6 is 11.8 Å². The lowest BCUT2D eigenvalue weighted by atomic mass is 10.2. The van der Waals surface area contributed by atoms with E-state index < -0.39 is 0 Å². The number of fused-ring (bicyclic) bond motifs is 1. The van der Waals surface area contributed by atoms with Crippen molar-refractivity contribution in [2.45, 2.75) is 38.0 Å². The van der Waals surface area contributed by atoms with Crippen molar-refractivity contribution < 1.29 is 4.79 Å². The Morgan fingerprint density at radius 3 is 2.96 bits per heavy atom. The summed E-state index contributed by atoms with van der Waals surface area (Å²) in [5, 5.41) is 7.38.